The summed E-state index contributed by atoms with van der Waals surface area (Å²) in [4.78, 5) is 0. The lowest BCUT2D eigenvalue weighted by molar-refractivity contribution is -0.143. The van der Waals surface area contributed by atoms with Crippen molar-refractivity contribution >= 4 is 0 Å². The van der Waals surface area contributed by atoms with Gasteiger partial charge in [0.05, 0.1) is 11.9 Å². The number of aryl methyl sites for hydroxylation is 2. The molecule has 2 rings (SSSR count). The van der Waals surface area contributed by atoms with Crippen molar-refractivity contribution < 1.29 is 13.2 Å². The second kappa shape index (κ2) is 4.94. The van der Waals surface area contributed by atoms with Gasteiger partial charge in [-0.05, 0) is 31.9 Å². The molecule has 1 atom stereocenters. The first-order valence-electron chi connectivity index (χ1n) is 6.20. The highest BCUT2D eigenvalue weighted by molar-refractivity contribution is 5.48. The van der Waals surface area contributed by atoms with Gasteiger partial charge in [-0.25, -0.2) is 4.68 Å². The van der Waals surface area contributed by atoms with Gasteiger partial charge in [-0.1, -0.05) is 18.2 Å². The van der Waals surface area contributed by atoms with Crippen LogP contribution < -0.4 is 5.73 Å². The minimum atomic E-state index is -4.51. The van der Waals surface area contributed by atoms with Crippen molar-refractivity contribution in [1.82, 2.24) is 9.78 Å². The summed E-state index contributed by atoms with van der Waals surface area (Å²) >= 11 is 0. The van der Waals surface area contributed by atoms with Crippen LogP contribution in [-0.2, 0) is 6.18 Å². The molecule has 1 heterocycles. The summed E-state index contributed by atoms with van der Waals surface area (Å²) in [7, 11) is 0. The third-order valence-corrected chi connectivity index (χ3v) is 3.21. The van der Waals surface area contributed by atoms with Crippen LogP contribution in [0.1, 0.15) is 35.3 Å². The van der Waals surface area contributed by atoms with Crippen LogP contribution in [0.5, 0.6) is 0 Å². The summed E-state index contributed by atoms with van der Waals surface area (Å²) in [5, 5.41) is 3.91. The number of nitrogens with two attached hydrogens (primary N) is 1. The summed E-state index contributed by atoms with van der Waals surface area (Å²) in [6.45, 7) is 5.03. The van der Waals surface area contributed by atoms with Gasteiger partial charge in [0.15, 0.2) is 5.69 Å². The Bertz CT molecular complexity index is 607. The average molecular weight is 283 g/mol. The number of para-hydroxylation sites is 1. The molecule has 0 aliphatic rings. The molecule has 0 saturated heterocycles. The standard InChI is InChI=1S/C14H16F3N3/c1-8-5-4-6-9(2)12(8)20-13(14(15,16)17)11(7-19-20)10(3)18/h4-7,10H,18H2,1-3H3. The summed E-state index contributed by atoms with van der Waals surface area (Å²) < 4.78 is 41.0. The lowest BCUT2D eigenvalue weighted by Gasteiger charge is -2.17. The number of benzene rings is 1. The summed E-state index contributed by atoms with van der Waals surface area (Å²) in [5.41, 5.74) is 6.74. The van der Waals surface area contributed by atoms with Gasteiger partial charge >= 0.3 is 6.18 Å². The molecule has 0 saturated carbocycles. The van der Waals surface area contributed by atoms with Crippen molar-refractivity contribution in [2.45, 2.75) is 33.0 Å². The topological polar surface area (TPSA) is 43.8 Å². The van der Waals surface area contributed by atoms with Crippen LogP contribution in [0.4, 0.5) is 13.2 Å². The van der Waals surface area contributed by atoms with E-state index in [9.17, 15) is 13.2 Å². The quantitative estimate of drug-likeness (QED) is 0.916. The predicted octanol–water partition coefficient (Wildman–Crippen LogP) is 3.53. The van der Waals surface area contributed by atoms with E-state index >= 15 is 0 Å². The zero-order chi connectivity index (χ0) is 15.1. The summed E-state index contributed by atoms with van der Waals surface area (Å²) in [6, 6.07) is 4.59. The Balaban J connectivity index is 2.76. The Hall–Kier alpha value is -1.82. The summed E-state index contributed by atoms with van der Waals surface area (Å²) in [5.74, 6) is 0. The second-order valence-electron chi connectivity index (χ2n) is 4.89. The first-order valence-corrected chi connectivity index (χ1v) is 6.20. The average Bonchev–Trinajstić information content (AvgIpc) is 2.73. The number of hydrogen-bond donors (Lipinski definition) is 1. The Labute approximate surface area is 115 Å². The number of halogens is 3. The van der Waals surface area contributed by atoms with Crippen LogP contribution in [0.15, 0.2) is 24.4 Å². The molecule has 0 aliphatic carbocycles. The van der Waals surface area contributed by atoms with Gasteiger partial charge in [-0.15, -0.1) is 0 Å². The molecule has 108 valence electrons. The molecule has 0 spiro atoms. The van der Waals surface area contributed by atoms with E-state index in [0.29, 0.717) is 5.69 Å². The van der Waals surface area contributed by atoms with Gasteiger partial charge in [0.25, 0.3) is 0 Å². The maximum Gasteiger partial charge on any atom is 0.433 e. The van der Waals surface area contributed by atoms with E-state index < -0.39 is 17.9 Å². The minimum Gasteiger partial charge on any atom is -0.324 e. The fourth-order valence-electron chi connectivity index (χ4n) is 2.29. The van der Waals surface area contributed by atoms with Crippen LogP contribution in [-0.4, -0.2) is 9.78 Å². The Morgan fingerprint density at radius 1 is 1.20 bits per heavy atom. The largest absolute Gasteiger partial charge is 0.433 e. The van der Waals surface area contributed by atoms with Crippen molar-refractivity contribution in [3.05, 3.63) is 46.8 Å². The molecule has 1 unspecified atom stereocenters. The van der Waals surface area contributed by atoms with E-state index in [0.717, 1.165) is 15.8 Å². The van der Waals surface area contributed by atoms with Crippen LogP contribution in [0.25, 0.3) is 5.69 Å². The van der Waals surface area contributed by atoms with E-state index in [1.165, 1.54) is 13.1 Å². The Kier molecular flexibility index (Phi) is 3.60. The van der Waals surface area contributed by atoms with Crippen molar-refractivity contribution in [2.24, 2.45) is 5.73 Å². The SMILES string of the molecule is Cc1cccc(C)c1-n1ncc(C(C)N)c1C(F)(F)F. The van der Waals surface area contributed by atoms with E-state index in [-0.39, 0.29) is 5.56 Å². The molecule has 0 bridgehead atoms. The van der Waals surface area contributed by atoms with Crippen LogP contribution in [0, 0.1) is 13.8 Å². The number of rotatable bonds is 2. The maximum absolute atomic E-state index is 13.3. The highest BCUT2D eigenvalue weighted by Gasteiger charge is 2.39. The van der Waals surface area contributed by atoms with Crippen LogP contribution in [0.3, 0.4) is 0 Å². The normalized spacial score (nSPS) is 13.6. The van der Waals surface area contributed by atoms with Crippen molar-refractivity contribution in [3.8, 4) is 5.69 Å². The molecule has 1 aromatic carbocycles. The number of alkyl halides is 3. The van der Waals surface area contributed by atoms with Gasteiger partial charge in [0.2, 0.25) is 0 Å². The molecule has 20 heavy (non-hydrogen) atoms. The smallest absolute Gasteiger partial charge is 0.324 e. The number of hydrogen-bond acceptors (Lipinski definition) is 2. The van der Waals surface area contributed by atoms with E-state index in [2.05, 4.69) is 5.10 Å². The monoisotopic (exact) mass is 283 g/mol. The van der Waals surface area contributed by atoms with Crippen LogP contribution >= 0.6 is 0 Å². The molecular weight excluding hydrogens is 267 g/mol. The minimum absolute atomic E-state index is 0.000142. The van der Waals surface area contributed by atoms with E-state index in [1.807, 2.05) is 0 Å². The second-order valence-corrected chi connectivity index (χ2v) is 4.89. The fourth-order valence-corrected chi connectivity index (χ4v) is 2.29. The van der Waals surface area contributed by atoms with Gasteiger partial charge in [0, 0.05) is 11.6 Å². The van der Waals surface area contributed by atoms with Gasteiger partial charge in [-0.2, -0.15) is 18.3 Å². The Morgan fingerprint density at radius 3 is 2.20 bits per heavy atom. The molecule has 2 N–H and O–H groups in total. The zero-order valence-corrected chi connectivity index (χ0v) is 11.5. The molecule has 0 amide bonds. The molecule has 0 fully saturated rings. The predicted molar refractivity (Wildman–Crippen MR) is 70.6 cm³/mol. The third-order valence-electron chi connectivity index (χ3n) is 3.21. The van der Waals surface area contributed by atoms with Crippen molar-refractivity contribution in [2.75, 3.05) is 0 Å². The van der Waals surface area contributed by atoms with Gasteiger partial charge in [-0.3, -0.25) is 0 Å². The van der Waals surface area contributed by atoms with Crippen molar-refractivity contribution in [1.29, 1.82) is 0 Å². The summed E-state index contributed by atoms with van der Waals surface area (Å²) in [6.07, 6.45) is -3.31. The molecule has 6 heteroatoms. The first kappa shape index (κ1) is 14.6. The van der Waals surface area contributed by atoms with Gasteiger partial charge < -0.3 is 5.73 Å². The maximum atomic E-state index is 13.3. The van der Waals surface area contributed by atoms with Gasteiger partial charge in [0.1, 0.15) is 0 Å². The molecule has 0 radical (unpaired) electrons. The highest BCUT2D eigenvalue weighted by atomic mass is 19.4. The lowest BCUT2D eigenvalue weighted by Crippen LogP contribution is -2.19. The molecule has 3 nitrogen and oxygen atoms in total. The molecule has 2 aromatic rings. The molecule has 0 aliphatic heterocycles. The van der Waals surface area contributed by atoms with Crippen LogP contribution in [0.2, 0.25) is 0 Å². The fraction of sp³-hybridized carbons (Fsp3) is 0.357. The van der Waals surface area contributed by atoms with Crippen molar-refractivity contribution in [3.63, 3.8) is 0 Å². The van der Waals surface area contributed by atoms with E-state index in [4.69, 9.17) is 5.73 Å². The Morgan fingerprint density at radius 2 is 1.75 bits per heavy atom. The zero-order valence-electron chi connectivity index (χ0n) is 11.5. The third kappa shape index (κ3) is 2.43. The number of aromatic nitrogens is 2. The van der Waals surface area contributed by atoms with E-state index in [1.54, 1.807) is 32.0 Å². The molecular formula is C14H16F3N3. The lowest BCUT2D eigenvalue weighted by atomic mass is 10.1. The number of nitrogens with zero attached hydrogens (tertiary/aromatic N) is 2. The highest BCUT2D eigenvalue weighted by Crippen LogP contribution is 2.36. The first-order chi connectivity index (χ1) is 9.23. The molecule has 1 aromatic heterocycles.